The quantitative estimate of drug-likeness (QED) is 0.698. The van der Waals surface area contributed by atoms with E-state index in [1.165, 1.54) is 7.11 Å². The lowest BCUT2D eigenvalue weighted by molar-refractivity contribution is 0.0950. The van der Waals surface area contributed by atoms with Crippen LogP contribution in [0, 0.1) is 6.92 Å². The van der Waals surface area contributed by atoms with Crippen LogP contribution in [0.2, 0.25) is 10.0 Å². The predicted octanol–water partition coefficient (Wildman–Crippen LogP) is 4.96. The third kappa shape index (κ3) is 4.71. The van der Waals surface area contributed by atoms with Gasteiger partial charge in [-0.25, -0.2) is 4.98 Å². The summed E-state index contributed by atoms with van der Waals surface area (Å²) in [5, 5.41) is 3.48. The molecule has 0 unspecified atom stereocenters. The number of oxazole rings is 1. The van der Waals surface area contributed by atoms with Gasteiger partial charge >= 0.3 is 0 Å². The molecule has 1 N–H and O–H groups in total. The second-order valence-corrected chi connectivity index (χ2v) is 7.89. The fraction of sp³-hybridized carbons (Fsp3) is 0.474. The number of carbonyl (C=O) groups excluding carboxylic acids is 1. The largest absolute Gasteiger partial charge is 0.494 e. The van der Waals surface area contributed by atoms with Gasteiger partial charge in [0.2, 0.25) is 0 Å². The van der Waals surface area contributed by atoms with Crippen molar-refractivity contribution in [3.63, 3.8) is 0 Å². The third-order valence-corrected chi connectivity index (χ3v) is 4.50. The van der Waals surface area contributed by atoms with Gasteiger partial charge in [0.1, 0.15) is 11.3 Å². The molecule has 142 valence electrons. The molecule has 1 aromatic carbocycles. The number of hydrogen-bond donors (Lipinski definition) is 1. The van der Waals surface area contributed by atoms with E-state index in [2.05, 4.69) is 31.1 Å². The zero-order chi connectivity index (χ0) is 19.5. The van der Waals surface area contributed by atoms with Gasteiger partial charge in [0.25, 0.3) is 5.91 Å². The highest BCUT2D eigenvalue weighted by atomic mass is 35.5. The molecule has 2 rings (SSSR count). The summed E-state index contributed by atoms with van der Waals surface area (Å²) in [7, 11) is 1.45. The van der Waals surface area contributed by atoms with Crippen molar-refractivity contribution >= 4 is 29.1 Å². The number of benzene rings is 1. The monoisotopic (exact) mass is 398 g/mol. The Labute approximate surface area is 164 Å². The fourth-order valence-electron chi connectivity index (χ4n) is 2.46. The van der Waals surface area contributed by atoms with Crippen molar-refractivity contribution in [1.82, 2.24) is 10.3 Å². The number of aryl methyl sites for hydroxylation is 2. The van der Waals surface area contributed by atoms with Crippen LogP contribution in [0.3, 0.4) is 0 Å². The lowest BCUT2D eigenvalue weighted by atomic mass is 9.97. The first-order valence-electron chi connectivity index (χ1n) is 8.42. The summed E-state index contributed by atoms with van der Waals surface area (Å²) in [5.41, 5.74) is 1.00. The van der Waals surface area contributed by atoms with Gasteiger partial charge in [-0.1, -0.05) is 44.0 Å². The van der Waals surface area contributed by atoms with E-state index >= 15 is 0 Å². The summed E-state index contributed by atoms with van der Waals surface area (Å²) in [6.07, 6.45) is 1.40. The molecule has 1 amide bonds. The second kappa shape index (κ2) is 8.31. The van der Waals surface area contributed by atoms with E-state index in [4.69, 9.17) is 32.4 Å². The van der Waals surface area contributed by atoms with Gasteiger partial charge < -0.3 is 14.5 Å². The summed E-state index contributed by atoms with van der Waals surface area (Å²) in [5.74, 6) is 1.53. The van der Waals surface area contributed by atoms with Gasteiger partial charge in [-0.2, -0.15) is 0 Å². The van der Waals surface area contributed by atoms with E-state index < -0.39 is 0 Å². The summed E-state index contributed by atoms with van der Waals surface area (Å²) >= 11 is 12.2. The van der Waals surface area contributed by atoms with E-state index in [9.17, 15) is 4.79 Å². The average Bonchev–Trinajstić information content (AvgIpc) is 2.94. The summed E-state index contributed by atoms with van der Waals surface area (Å²) < 4.78 is 11.1. The van der Waals surface area contributed by atoms with Crippen LogP contribution >= 0.6 is 23.2 Å². The molecule has 0 aliphatic rings. The number of amides is 1. The highest BCUT2D eigenvalue weighted by Gasteiger charge is 2.22. The van der Waals surface area contributed by atoms with Crippen molar-refractivity contribution in [3.8, 4) is 5.75 Å². The minimum Gasteiger partial charge on any atom is -0.494 e. The van der Waals surface area contributed by atoms with Gasteiger partial charge in [0.15, 0.2) is 11.6 Å². The van der Waals surface area contributed by atoms with Crippen molar-refractivity contribution in [3.05, 3.63) is 45.1 Å². The first-order valence-corrected chi connectivity index (χ1v) is 9.17. The Hall–Kier alpha value is -1.72. The topological polar surface area (TPSA) is 64.4 Å². The molecule has 0 fully saturated rings. The molecule has 2 aromatic rings. The smallest absolute Gasteiger partial charge is 0.256 e. The number of nitrogens with one attached hydrogen (secondary N) is 1. The molecule has 26 heavy (non-hydrogen) atoms. The zero-order valence-corrected chi connectivity index (χ0v) is 17.2. The van der Waals surface area contributed by atoms with Crippen LogP contribution in [0.5, 0.6) is 5.75 Å². The SMILES string of the molecule is COc1c(Cl)ccc(Cl)c1C(=O)NCCCc1oc(C(C)(C)C)nc1C. The Morgan fingerprint density at radius 1 is 1.27 bits per heavy atom. The van der Waals surface area contributed by atoms with Crippen LogP contribution in [0.1, 0.15) is 54.9 Å². The van der Waals surface area contributed by atoms with Crippen LogP contribution in [-0.4, -0.2) is 24.5 Å². The number of carbonyl (C=O) groups is 1. The minimum absolute atomic E-state index is 0.128. The first kappa shape index (κ1) is 20.6. The lowest BCUT2D eigenvalue weighted by Gasteiger charge is -2.12. The minimum atomic E-state index is -0.320. The maximum Gasteiger partial charge on any atom is 0.256 e. The Morgan fingerprint density at radius 2 is 1.92 bits per heavy atom. The van der Waals surface area contributed by atoms with Gasteiger partial charge in [-0.05, 0) is 25.5 Å². The Balaban J connectivity index is 1.96. The van der Waals surface area contributed by atoms with Crippen molar-refractivity contribution in [2.24, 2.45) is 0 Å². The Bertz CT molecular complexity index is 795. The molecule has 0 saturated heterocycles. The van der Waals surface area contributed by atoms with E-state index in [0.29, 0.717) is 29.4 Å². The molecule has 1 aromatic heterocycles. The standard InChI is InChI=1S/C19H24Cl2N2O3/c1-11-14(26-18(23-11)19(2,3)4)7-6-10-22-17(24)15-12(20)8-9-13(21)16(15)25-5/h8-9H,6-7,10H2,1-5H3,(H,22,24). The zero-order valence-electron chi connectivity index (χ0n) is 15.7. The normalized spacial score (nSPS) is 11.5. The molecule has 0 aliphatic carbocycles. The van der Waals surface area contributed by atoms with Crippen molar-refractivity contribution in [1.29, 1.82) is 0 Å². The fourth-order valence-corrected chi connectivity index (χ4v) is 2.93. The van der Waals surface area contributed by atoms with E-state index in [1.54, 1.807) is 12.1 Å². The van der Waals surface area contributed by atoms with Gasteiger partial charge in [0, 0.05) is 18.4 Å². The number of ether oxygens (including phenoxy) is 1. The Morgan fingerprint density at radius 3 is 2.50 bits per heavy atom. The Kier molecular flexibility index (Phi) is 6.58. The molecule has 0 bridgehead atoms. The second-order valence-electron chi connectivity index (χ2n) is 7.07. The molecule has 0 saturated carbocycles. The third-order valence-electron chi connectivity index (χ3n) is 3.89. The van der Waals surface area contributed by atoms with Crippen LogP contribution in [-0.2, 0) is 11.8 Å². The number of hydrogen-bond acceptors (Lipinski definition) is 4. The number of methoxy groups -OCH3 is 1. The lowest BCUT2D eigenvalue weighted by Crippen LogP contribution is -2.25. The molecular formula is C19H24Cl2N2O3. The maximum atomic E-state index is 12.4. The summed E-state index contributed by atoms with van der Waals surface area (Å²) in [6.45, 7) is 8.58. The molecule has 5 nitrogen and oxygen atoms in total. The molecule has 0 radical (unpaired) electrons. The molecule has 0 atom stereocenters. The number of rotatable bonds is 6. The maximum absolute atomic E-state index is 12.4. The van der Waals surface area contributed by atoms with Gasteiger partial charge in [-0.15, -0.1) is 0 Å². The van der Waals surface area contributed by atoms with Crippen molar-refractivity contribution in [2.45, 2.75) is 46.0 Å². The summed E-state index contributed by atoms with van der Waals surface area (Å²) in [6, 6.07) is 3.17. The molecule has 1 heterocycles. The van der Waals surface area contributed by atoms with Crippen LogP contribution < -0.4 is 10.1 Å². The number of halogens is 2. The van der Waals surface area contributed by atoms with E-state index in [-0.39, 0.29) is 22.6 Å². The first-order chi connectivity index (χ1) is 12.1. The highest BCUT2D eigenvalue weighted by Crippen LogP contribution is 2.33. The molecule has 7 heteroatoms. The predicted molar refractivity (Wildman–Crippen MR) is 104 cm³/mol. The summed E-state index contributed by atoms with van der Waals surface area (Å²) in [4.78, 5) is 16.9. The highest BCUT2D eigenvalue weighted by molar-refractivity contribution is 6.37. The van der Waals surface area contributed by atoms with Crippen molar-refractivity contribution in [2.75, 3.05) is 13.7 Å². The van der Waals surface area contributed by atoms with Crippen molar-refractivity contribution < 1.29 is 13.9 Å². The van der Waals surface area contributed by atoms with Crippen LogP contribution in [0.15, 0.2) is 16.5 Å². The number of nitrogens with zero attached hydrogens (tertiary/aromatic N) is 1. The van der Waals surface area contributed by atoms with E-state index in [0.717, 1.165) is 17.3 Å². The van der Waals surface area contributed by atoms with E-state index in [1.807, 2.05) is 6.92 Å². The van der Waals surface area contributed by atoms with Gasteiger partial charge in [-0.3, -0.25) is 4.79 Å². The van der Waals surface area contributed by atoms with Gasteiger partial charge in [0.05, 0.1) is 22.8 Å². The molecule has 0 aliphatic heterocycles. The number of aromatic nitrogens is 1. The molecule has 0 spiro atoms. The van der Waals surface area contributed by atoms with Crippen LogP contribution in [0.4, 0.5) is 0 Å². The van der Waals surface area contributed by atoms with Crippen LogP contribution in [0.25, 0.3) is 0 Å². The molecular weight excluding hydrogens is 375 g/mol. The average molecular weight is 399 g/mol.